The Morgan fingerprint density at radius 2 is 1.92 bits per heavy atom. The van der Waals surface area contributed by atoms with E-state index in [4.69, 9.17) is 20.4 Å². The van der Waals surface area contributed by atoms with E-state index in [0.717, 1.165) is 11.4 Å². The molecule has 0 saturated carbocycles. The molecule has 0 saturated heterocycles. The molecule has 2 aromatic heterocycles. The maximum Gasteiger partial charge on any atom is 0.262 e. The third-order valence-corrected chi connectivity index (χ3v) is 4.38. The van der Waals surface area contributed by atoms with Crippen LogP contribution in [-0.2, 0) is 4.79 Å². The number of hydrogen-bond acceptors (Lipinski definition) is 5. The molecular formula is C19H16ClN3O3. The van der Waals surface area contributed by atoms with Crippen molar-refractivity contribution < 1.29 is 13.6 Å². The van der Waals surface area contributed by atoms with Crippen molar-refractivity contribution in [1.29, 1.82) is 0 Å². The van der Waals surface area contributed by atoms with Crippen molar-refractivity contribution in [2.24, 2.45) is 5.10 Å². The molecule has 1 aliphatic heterocycles. The number of hydrazone groups is 1. The van der Waals surface area contributed by atoms with E-state index in [0.29, 0.717) is 23.0 Å². The predicted octanol–water partition coefficient (Wildman–Crippen LogP) is 4.32. The number of nitrogens with zero attached hydrogens (tertiary/aromatic N) is 2. The molecule has 1 aliphatic rings. The van der Waals surface area contributed by atoms with Gasteiger partial charge >= 0.3 is 0 Å². The SMILES string of the molecule is O=C(CNc1ccc(Cl)cc1)N1N=C(c2ccco2)CC1c1ccco1. The van der Waals surface area contributed by atoms with E-state index in [9.17, 15) is 4.79 Å². The maximum absolute atomic E-state index is 12.8. The highest BCUT2D eigenvalue weighted by molar-refractivity contribution is 6.30. The van der Waals surface area contributed by atoms with Gasteiger partial charge in [0.05, 0.1) is 19.1 Å². The minimum absolute atomic E-state index is 0.105. The van der Waals surface area contributed by atoms with Crippen molar-refractivity contribution in [1.82, 2.24) is 5.01 Å². The van der Waals surface area contributed by atoms with Crippen molar-refractivity contribution in [2.75, 3.05) is 11.9 Å². The molecule has 1 N–H and O–H groups in total. The highest BCUT2D eigenvalue weighted by Gasteiger charge is 2.35. The van der Waals surface area contributed by atoms with E-state index in [1.165, 1.54) is 5.01 Å². The first kappa shape index (κ1) is 16.5. The van der Waals surface area contributed by atoms with Gasteiger partial charge in [0.1, 0.15) is 23.3 Å². The highest BCUT2D eigenvalue weighted by atomic mass is 35.5. The Bertz CT molecular complexity index is 902. The van der Waals surface area contributed by atoms with Crippen LogP contribution in [0.5, 0.6) is 0 Å². The van der Waals surface area contributed by atoms with Gasteiger partial charge in [-0.15, -0.1) is 0 Å². The zero-order chi connectivity index (χ0) is 17.9. The topological polar surface area (TPSA) is 71.0 Å². The number of halogens is 1. The lowest BCUT2D eigenvalue weighted by Gasteiger charge is -2.20. The number of amides is 1. The van der Waals surface area contributed by atoms with Gasteiger partial charge in [-0.25, -0.2) is 5.01 Å². The van der Waals surface area contributed by atoms with Crippen molar-refractivity contribution >= 4 is 28.9 Å². The third-order valence-electron chi connectivity index (χ3n) is 4.13. The van der Waals surface area contributed by atoms with Gasteiger partial charge in [0.25, 0.3) is 5.91 Å². The Labute approximate surface area is 155 Å². The summed E-state index contributed by atoms with van der Waals surface area (Å²) in [5.41, 5.74) is 1.53. The Balaban J connectivity index is 1.52. The van der Waals surface area contributed by atoms with E-state index in [1.807, 2.05) is 24.3 Å². The smallest absolute Gasteiger partial charge is 0.262 e. The molecule has 1 amide bonds. The monoisotopic (exact) mass is 369 g/mol. The van der Waals surface area contributed by atoms with E-state index >= 15 is 0 Å². The fourth-order valence-corrected chi connectivity index (χ4v) is 2.99. The van der Waals surface area contributed by atoms with Crippen LogP contribution in [0.4, 0.5) is 5.69 Å². The summed E-state index contributed by atoms with van der Waals surface area (Å²) < 4.78 is 10.9. The lowest BCUT2D eigenvalue weighted by molar-refractivity contribution is -0.131. The summed E-state index contributed by atoms with van der Waals surface area (Å²) in [5, 5.41) is 9.67. The molecule has 0 bridgehead atoms. The van der Waals surface area contributed by atoms with Crippen LogP contribution in [-0.4, -0.2) is 23.2 Å². The summed E-state index contributed by atoms with van der Waals surface area (Å²) >= 11 is 5.88. The molecule has 0 aliphatic carbocycles. The summed E-state index contributed by atoms with van der Waals surface area (Å²) in [6.45, 7) is 0.105. The van der Waals surface area contributed by atoms with Crippen molar-refractivity contribution in [3.63, 3.8) is 0 Å². The zero-order valence-electron chi connectivity index (χ0n) is 13.8. The van der Waals surface area contributed by atoms with Crippen LogP contribution in [0.25, 0.3) is 0 Å². The molecule has 1 unspecified atom stereocenters. The molecule has 1 aromatic carbocycles. The standard InChI is InChI=1S/C19H16ClN3O3/c20-13-5-7-14(8-6-13)21-12-19(24)23-16(18-4-2-10-26-18)11-15(22-23)17-3-1-9-25-17/h1-10,16,21H,11-12H2. The largest absolute Gasteiger partial charge is 0.467 e. The highest BCUT2D eigenvalue weighted by Crippen LogP contribution is 2.33. The molecule has 7 heteroatoms. The Morgan fingerprint density at radius 1 is 1.15 bits per heavy atom. The van der Waals surface area contributed by atoms with Crippen LogP contribution in [0, 0.1) is 0 Å². The first-order valence-electron chi connectivity index (χ1n) is 8.17. The van der Waals surface area contributed by atoms with Gasteiger partial charge in [0, 0.05) is 17.1 Å². The van der Waals surface area contributed by atoms with Crippen LogP contribution < -0.4 is 5.32 Å². The summed E-state index contributed by atoms with van der Waals surface area (Å²) in [4.78, 5) is 12.8. The number of carbonyl (C=O) groups is 1. The van der Waals surface area contributed by atoms with Crippen molar-refractivity contribution in [3.8, 4) is 0 Å². The van der Waals surface area contributed by atoms with Gasteiger partial charge < -0.3 is 14.2 Å². The van der Waals surface area contributed by atoms with E-state index in [1.54, 1.807) is 36.8 Å². The Kier molecular flexibility index (Phi) is 4.50. The second-order valence-electron chi connectivity index (χ2n) is 5.86. The average molecular weight is 370 g/mol. The lowest BCUT2D eigenvalue weighted by Crippen LogP contribution is -2.32. The number of rotatable bonds is 5. The second-order valence-corrected chi connectivity index (χ2v) is 6.29. The van der Waals surface area contributed by atoms with Crippen LogP contribution in [0.2, 0.25) is 5.02 Å². The molecule has 26 heavy (non-hydrogen) atoms. The van der Waals surface area contributed by atoms with Gasteiger partial charge in [-0.2, -0.15) is 5.10 Å². The molecule has 3 aromatic rings. The first-order valence-corrected chi connectivity index (χ1v) is 8.55. The normalized spacial score (nSPS) is 16.6. The maximum atomic E-state index is 12.8. The van der Waals surface area contributed by atoms with Crippen LogP contribution in [0.1, 0.15) is 24.0 Å². The summed E-state index contributed by atoms with van der Waals surface area (Å²) in [6, 6.07) is 14.2. The molecule has 3 heterocycles. The van der Waals surface area contributed by atoms with Crippen LogP contribution in [0.3, 0.4) is 0 Å². The van der Waals surface area contributed by atoms with E-state index in [2.05, 4.69) is 10.4 Å². The van der Waals surface area contributed by atoms with Gasteiger partial charge in [0.15, 0.2) is 0 Å². The first-order chi connectivity index (χ1) is 12.7. The molecule has 0 spiro atoms. The molecular weight excluding hydrogens is 354 g/mol. The zero-order valence-corrected chi connectivity index (χ0v) is 14.5. The number of anilines is 1. The number of nitrogens with one attached hydrogen (secondary N) is 1. The number of furan rings is 2. The molecule has 1 atom stereocenters. The predicted molar refractivity (Wildman–Crippen MR) is 98.1 cm³/mol. The number of carbonyl (C=O) groups excluding carboxylic acids is 1. The second kappa shape index (κ2) is 7.09. The van der Waals surface area contributed by atoms with Gasteiger partial charge in [0.2, 0.25) is 0 Å². The van der Waals surface area contributed by atoms with E-state index < -0.39 is 0 Å². The Morgan fingerprint density at radius 3 is 2.62 bits per heavy atom. The van der Waals surface area contributed by atoms with Crippen LogP contribution >= 0.6 is 11.6 Å². The van der Waals surface area contributed by atoms with Crippen molar-refractivity contribution in [2.45, 2.75) is 12.5 Å². The quantitative estimate of drug-likeness (QED) is 0.727. The fraction of sp³-hybridized carbons (Fsp3) is 0.158. The Hall–Kier alpha value is -2.99. The van der Waals surface area contributed by atoms with E-state index in [-0.39, 0.29) is 18.5 Å². The van der Waals surface area contributed by atoms with Crippen molar-refractivity contribution in [3.05, 3.63) is 77.6 Å². The summed E-state index contributed by atoms with van der Waals surface area (Å²) in [6.07, 6.45) is 3.72. The summed E-state index contributed by atoms with van der Waals surface area (Å²) in [7, 11) is 0. The van der Waals surface area contributed by atoms with Gasteiger partial charge in [-0.05, 0) is 48.5 Å². The summed E-state index contributed by atoms with van der Waals surface area (Å²) in [5.74, 6) is 1.18. The lowest BCUT2D eigenvalue weighted by atomic mass is 10.1. The number of hydrogen-bond donors (Lipinski definition) is 1. The average Bonchev–Trinajstić information content (AvgIpc) is 3.41. The molecule has 0 fully saturated rings. The number of benzene rings is 1. The molecule has 0 radical (unpaired) electrons. The molecule has 6 nitrogen and oxygen atoms in total. The molecule has 4 rings (SSSR count). The fourth-order valence-electron chi connectivity index (χ4n) is 2.86. The van der Waals surface area contributed by atoms with Crippen LogP contribution in [0.15, 0.2) is 75.0 Å². The third kappa shape index (κ3) is 3.36. The minimum Gasteiger partial charge on any atom is -0.467 e. The van der Waals surface area contributed by atoms with Gasteiger partial charge in [-0.3, -0.25) is 4.79 Å². The molecule has 132 valence electrons. The van der Waals surface area contributed by atoms with Gasteiger partial charge in [-0.1, -0.05) is 11.6 Å². The minimum atomic E-state index is -0.287.